The van der Waals surface area contributed by atoms with Crippen molar-refractivity contribution in [3.05, 3.63) is 35.6 Å². The average Bonchev–Trinajstić information content (AvgIpc) is 2.45. The van der Waals surface area contributed by atoms with E-state index in [1.807, 2.05) is 19.9 Å². The Hall–Kier alpha value is -3.01. The summed E-state index contributed by atoms with van der Waals surface area (Å²) in [6.45, 7) is 5.46. The summed E-state index contributed by atoms with van der Waals surface area (Å²) in [6, 6.07) is 6.37. The molecule has 7 nitrogen and oxygen atoms in total. The molecule has 1 aromatic rings. The molecule has 1 amide bonds. The van der Waals surface area contributed by atoms with E-state index < -0.39 is 11.9 Å². The second kappa shape index (κ2) is 8.58. The van der Waals surface area contributed by atoms with Crippen LogP contribution in [0.3, 0.4) is 0 Å². The Morgan fingerprint density at radius 1 is 1.46 bits per heavy atom. The smallest absolute Gasteiger partial charge is 0.239 e. The molecule has 1 atom stereocenters. The molecular formula is C17H23N5O2. The average molecular weight is 329 g/mol. The lowest BCUT2D eigenvalue weighted by atomic mass is 10.0. The van der Waals surface area contributed by atoms with Crippen LogP contribution in [0, 0.1) is 17.2 Å². The van der Waals surface area contributed by atoms with Crippen LogP contribution < -0.4 is 16.8 Å². The summed E-state index contributed by atoms with van der Waals surface area (Å²) in [6.07, 6.45) is 1.87. The zero-order valence-electron chi connectivity index (χ0n) is 14.1. The molecular weight excluding hydrogens is 306 g/mol. The number of aliphatic hydroxyl groups is 1. The Kier molecular flexibility index (Phi) is 6.80. The maximum Gasteiger partial charge on any atom is 0.239 e. The number of nitrogens with zero attached hydrogens (tertiary/aromatic N) is 2. The zero-order chi connectivity index (χ0) is 18.3. The number of nitriles is 1. The van der Waals surface area contributed by atoms with Gasteiger partial charge in [0.1, 0.15) is 17.9 Å². The summed E-state index contributed by atoms with van der Waals surface area (Å²) in [7, 11) is 0. The van der Waals surface area contributed by atoms with Crippen molar-refractivity contribution < 1.29 is 9.90 Å². The molecule has 24 heavy (non-hydrogen) atoms. The van der Waals surface area contributed by atoms with Gasteiger partial charge in [-0.2, -0.15) is 5.26 Å². The highest BCUT2D eigenvalue weighted by atomic mass is 16.3. The van der Waals surface area contributed by atoms with Crippen molar-refractivity contribution in [1.29, 1.82) is 5.26 Å². The van der Waals surface area contributed by atoms with E-state index in [4.69, 9.17) is 11.5 Å². The van der Waals surface area contributed by atoms with E-state index in [-0.39, 0.29) is 11.6 Å². The minimum atomic E-state index is -0.522. The van der Waals surface area contributed by atoms with Gasteiger partial charge >= 0.3 is 0 Å². The van der Waals surface area contributed by atoms with Crippen LogP contribution in [0.25, 0.3) is 0 Å². The molecule has 0 aliphatic carbocycles. The Morgan fingerprint density at radius 2 is 2.12 bits per heavy atom. The molecule has 0 aromatic heterocycles. The van der Waals surface area contributed by atoms with Crippen molar-refractivity contribution in [2.45, 2.75) is 33.2 Å². The van der Waals surface area contributed by atoms with Gasteiger partial charge in [0.15, 0.2) is 0 Å². The number of amides is 1. The number of primary amides is 1. The highest BCUT2D eigenvalue weighted by molar-refractivity contribution is 5.94. The van der Waals surface area contributed by atoms with Gasteiger partial charge in [0, 0.05) is 11.8 Å². The van der Waals surface area contributed by atoms with Crippen LogP contribution in [-0.2, 0) is 4.79 Å². The molecule has 0 aliphatic rings. The Bertz CT molecular complexity index is 697. The van der Waals surface area contributed by atoms with Gasteiger partial charge in [-0.3, -0.25) is 4.79 Å². The van der Waals surface area contributed by atoms with E-state index in [2.05, 4.69) is 10.3 Å². The van der Waals surface area contributed by atoms with Gasteiger partial charge in [-0.25, -0.2) is 4.99 Å². The van der Waals surface area contributed by atoms with Gasteiger partial charge in [-0.15, -0.1) is 0 Å². The van der Waals surface area contributed by atoms with Crippen molar-refractivity contribution in [2.24, 2.45) is 22.4 Å². The molecule has 0 spiro atoms. The predicted molar refractivity (Wildman–Crippen MR) is 94.9 cm³/mol. The number of nitrogens with one attached hydrogen (secondary N) is 1. The summed E-state index contributed by atoms with van der Waals surface area (Å²) < 4.78 is 0. The lowest BCUT2D eigenvalue weighted by molar-refractivity contribution is -0.119. The van der Waals surface area contributed by atoms with Crippen molar-refractivity contribution in [1.82, 2.24) is 0 Å². The first-order valence-corrected chi connectivity index (χ1v) is 7.54. The number of nitrogens with two attached hydrogens (primary N) is 2. The predicted octanol–water partition coefficient (Wildman–Crippen LogP) is 2.32. The monoisotopic (exact) mass is 329 g/mol. The van der Waals surface area contributed by atoms with Crippen molar-refractivity contribution in [2.75, 3.05) is 5.32 Å². The number of anilines is 1. The first kappa shape index (κ1) is 19.0. The van der Waals surface area contributed by atoms with Crippen LogP contribution in [0.5, 0.6) is 0 Å². The van der Waals surface area contributed by atoms with Crippen LogP contribution in [0.1, 0.15) is 32.8 Å². The molecule has 6 N–H and O–H groups in total. The SMILES string of the molecule is C/C(O)=C/C(N)=Nc1cc(N[C@H](CC(C)C)C(N)=O)ccc1C#N. The third kappa shape index (κ3) is 6.01. The molecule has 0 bridgehead atoms. The Balaban J connectivity index is 3.15. The van der Waals surface area contributed by atoms with E-state index in [0.29, 0.717) is 29.3 Å². The van der Waals surface area contributed by atoms with E-state index in [1.165, 1.54) is 13.0 Å². The molecule has 0 aliphatic heterocycles. The fourth-order valence-electron chi connectivity index (χ4n) is 2.11. The van der Waals surface area contributed by atoms with Gasteiger partial charge < -0.3 is 21.9 Å². The number of benzene rings is 1. The largest absolute Gasteiger partial charge is 0.512 e. The van der Waals surface area contributed by atoms with E-state index in [9.17, 15) is 15.2 Å². The topological polar surface area (TPSA) is 138 Å². The van der Waals surface area contributed by atoms with Crippen molar-refractivity contribution >= 4 is 23.1 Å². The summed E-state index contributed by atoms with van der Waals surface area (Å²) in [5.41, 5.74) is 12.4. The fraction of sp³-hybridized carbons (Fsp3) is 0.353. The molecule has 0 unspecified atom stereocenters. The third-order valence-corrected chi connectivity index (χ3v) is 3.12. The van der Waals surface area contributed by atoms with Crippen LogP contribution in [-0.4, -0.2) is 22.9 Å². The number of aliphatic hydroxyl groups excluding tert-OH is 1. The number of hydrogen-bond donors (Lipinski definition) is 4. The number of aliphatic imine (C=N–C) groups is 1. The standard InChI is InChI=1S/C17H23N5O2/c1-10(2)6-15(17(20)24)21-13-5-4-12(9-18)14(8-13)22-16(19)7-11(3)23/h4-5,7-8,10,15,21,23H,6H2,1-3H3,(H2,19,22)(H2,20,24)/b11-7-/t15-/m1/s1. The number of hydrogen-bond acceptors (Lipinski definition) is 5. The molecule has 1 rings (SSSR count). The number of allylic oxidation sites excluding steroid dienone is 1. The van der Waals surface area contributed by atoms with Gasteiger partial charge in [-0.1, -0.05) is 13.8 Å². The summed E-state index contributed by atoms with van der Waals surface area (Å²) in [5.74, 6) is -0.0808. The molecule has 0 saturated heterocycles. The van der Waals surface area contributed by atoms with Crippen LogP contribution in [0.15, 0.2) is 35.0 Å². The number of amidine groups is 1. The van der Waals surface area contributed by atoms with Crippen LogP contribution in [0.2, 0.25) is 0 Å². The summed E-state index contributed by atoms with van der Waals surface area (Å²) in [5, 5.41) is 21.4. The molecule has 0 saturated carbocycles. The van der Waals surface area contributed by atoms with Crippen molar-refractivity contribution in [3.63, 3.8) is 0 Å². The normalized spacial score (nSPS) is 13.5. The van der Waals surface area contributed by atoms with Gasteiger partial charge in [-0.05, 0) is 37.5 Å². The first-order chi connectivity index (χ1) is 11.2. The zero-order valence-corrected chi connectivity index (χ0v) is 14.1. The third-order valence-electron chi connectivity index (χ3n) is 3.12. The molecule has 7 heteroatoms. The van der Waals surface area contributed by atoms with Gasteiger partial charge in [0.25, 0.3) is 0 Å². The lowest BCUT2D eigenvalue weighted by Crippen LogP contribution is -2.36. The molecule has 0 heterocycles. The quantitative estimate of drug-likeness (QED) is 0.345. The minimum Gasteiger partial charge on any atom is -0.512 e. The maximum atomic E-state index is 11.6. The molecule has 0 radical (unpaired) electrons. The minimum absolute atomic E-state index is 0.00904. The second-order valence-electron chi connectivity index (χ2n) is 5.89. The molecule has 0 fully saturated rings. The summed E-state index contributed by atoms with van der Waals surface area (Å²) in [4.78, 5) is 15.7. The summed E-state index contributed by atoms with van der Waals surface area (Å²) >= 11 is 0. The Labute approximate surface area is 141 Å². The van der Waals surface area contributed by atoms with E-state index >= 15 is 0 Å². The lowest BCUT2D eigenvalue weighted by Gasteiger charge is -2.19. The van der Waals surface area contributed by atoms with Gasteiger partial charge in [0.2, 0.25) is 5.91 Å². The molecule has 1 aromatic carbocycles. The second-order valence-corrected chi connectivity index (χ2v) is 5.89. The van der Waals surface area contributed by atoms with Crippen LogP contribution in [0.4, 0.5) is 11.4 Å². The number of carbonyl (C=O) groups excluding carboxylic acids is 1. The van der Waals surface area contributed by atoms with Gasteiger partial charge in [0.05, 0.1) is 17.0 Å². The number of rotatable bonds is 7. The van der Waals surface area contributed by atoms with E-state index in [0.717, 1.165) is 0 Å². The Morgan fingerprint density at radius 3 is 2.62 bits per heavy atom. The van der Waals surface area contributed by atoms with Crippen LogP contribution >= 0.6 is 0 Å². The van der Waals surface area contributed by atoms with Crippen molar-refractivity contribution in [3.8, 4) is 6.07 Å². The highest BCUT2D eigenvalue weighted by Gasteiger charge is 2.17. The fourth-order valence-corrected chi connectivity index (χ4v) is 2.11. The highest BCUT2D eigenvalue weighted by Crippen LogP contribution is 2.24. The maximum absolute atomic E-state index is 11.6. The first-order valence-electron chi connectivity index (χ1n) is 7.54. The number of carbonyl (C=O) groups is 1. The van der Waals surface area contributed by atoms with E-state index in [1.54, 1.807) is 18.2 Å². The molecule has 128 valence electrons.